The van der Waals surface area contributed by atoms with E-state index in [4.69, 9.17) is 0 Å². The number of carbonyl (C=O) groups excluding carboxylic acids is 1. The zero-order valence-corrected chi connectivity index (χ0v) is 12.9. The van der Waals surface area contributed by atoms with Crippen LogP contribution in [0.3, 0.4) is 0 Å². The Morgan fingerprint density at radius 3 is 2.52 bits per heavy atom. The van der Waals surface area contributed by atoms with Crippen LogP contribution < -0.4 is 5.32 Å². The fourth-order valence-corrected chi connectivity index (χ4v) is 3.88. The zero-order valence-electron chi connectivity index (χ0n) is 12.9. The molecule has 1 amide bonds. The SMILES string of the molecule is O=C1Nc2cccc(F)c2C12CCN(Cc1ccccc1)CC2. The average molecular weight is 310 g/mol. The number of anilines is 1. The molecule has 1 spiro atoms. The van der Waals surface area contributed by atoms with Crippen LogP contribution in [0, 0.1) is 5.82 Å². The van der Waals surface area contributed by atoms with Gasteiger partial charge in [-0.2, -0.15) is 0 Å². The van der Waals surface area contributed by atoms with E-state index in [2.05, 4.69) is 22.3 Å². The third kappa shape index (κ3) is 2.34. The van der Waals surface area contributed by atoms with Crippen molar-refractivity contribution in [2.75, 3.05) is 18.4 Å². The minimum atomic E-state index is -0.687. The van der Waals surface area contributed by atoms with E-state index in [1.807, 2.05) is 18.2 Å². The number of piperidine rings is 1. The van der Waals surface area contributed by atoms with Crippen molar-refractivity contribution in [3.8, 4) is 0 Å². The molecule has 1 saturated heterocycles. The molecule has 23 heavy (non-hydrogen) atoms. The van der Waals surface area contributed by atoms with Gasteiger partial charge in [0.25, 0.3) is 0 Å². The molecule has 0 unspecified atom stereocenters. The predicted octanol–water partition coefficient (Wildman–Crippen LogP) is 3.31. The summed E-state index contributed by atoms with van der Waals surface area (Å²) >= 11 is 0. The van der Waals surface area contributed by atoms with Gasteiger partial charge in [-0.15, -0.1) is 0 Å². The molecule has 2 heterocycles. The second-order valence-electron chi connectivity index (χ2n) is 6.46. The van der Waals surface area contributed by atoms with Crippen molar-refractivity contribution in [1.82, 2.24) is 4.90 Å². The van der Waals surface area contributed by atoms with Gasteiger partial charge in [-0.1, -0.05) is 36.4 Å². The Hall–Kier alpha value is -2.20. The summed E-state index contributed by atoms with van der Waals surface area (Å²) in [5.74, 6) is -0.311. The molecule has 0 saturated carbocycles. The normalized spacial score (nSPS) is 19.6. The van der Waals surface area contributed by atoms with Crippen molar-refractivity contribution >= 4 is 11.6 Å². The van der Waals surface area contributed by atoms with Crippen LogP contribution in [-0.4, -0.2) is 23.9 Å². The number of hydrogen-bond acceptors (Lipinski definition) is 2. The van der Waals surface area contributed by atoms with Crippen LogP contribution >= 0.6 is 0 Å². The molecule has 4 rings (SSSR count). The van der Waals surface area contributed by atoms with Crippen LogP contribution in [0.25, 0.3) is 0 Å². The van der Waals surface area contributed by atoms with Gasteiger partial charge in [0.1, 0.15) is 5.82 Å². The molecule has 0 radical (unpaired) electrons. The molecule has 0 atom stereocenters. The quantitative estimate of drug-likeness (QED) is 0.923. The standard InChI is InChI=1S/C19H19FN2O/c20-15-7-4-8-16-17(15)19(18(23)21-16)9-11-22(12-10-19)13-14-5-2-1-3-6-14/h1-8H,9-13H2,(H,21,23). The van der Waals surface area contributed by atoms with E-state index in [0.29, 0.717) is 24.1 Å². The number of nitrogens with one attached hydrogen (secondary N) is 1. The summed E-state index contributed by atoms with van der Waals surface area (Å²) in [6.45, 7) is 2.48. The van der Waals surface area contributed by atoms with Gasteiger partial charge in [-0.3, -0.25) is 9.69 Å². The third-order valence-electron chi connectivity index (χ3n) is 5.13. The lowest BCUT2D eigenvalue weighted by molar-refractivity contribution is -0.122. The molecule has 1 N–H and O–H groups in total. The molecule has 2 aliphatic heterocycles. The van der Waals surface area contributed by atoms with Crippen LogP contribution in [0.2, 0.25) is 0 Å². The molecular weight excluding hydrogens is 291 g/mol. The maximum atomic E-state index is 14.3. The maximum Gasteiger partial charge on any atom is 0.235 e. The molecule has 2 aromatic rings. The van der Waals surface area contributed by atoms with Crippen molar-refractivity contribution in [3.05, 3.63) is 65.5 Å². The Bertz CT molecular complexity index is 736. The van der Waals surface area contributed by atoms with Gasteiger partial charge >= 0.3 is 0 Å². The highest BCUT2D eigenvalue weighted by Crippen LogP contribution is 2.46. The van der Waals surface area contributed by atoms with Crippen LogP contribution in [0.5, 0.6) is 0 Å². The molecule has 2 aromatic carbocycles. The fraction of sp³-hybridized carbons (Fsp3) is 0.316. The Balaban J connectivity index is 1.55. The van der Waals surface area contributed by atoms with Crippen LogP contribution in [0.15, 0.2) is 48.5 Å². The monoisotopic (exact) mass is 310 g/mol. The zero-order chi connectivity index (χ0) is 15.9. The Morgan fingerprint density at radius 1 is 1.04 bits per heavy atom. The highest BCUT2D eigenvalue weighted by Gasteiger charge is 2.49. The highest BCUT2D eigenvalue weighted by molar-refractivity contribution is 6.06. The number of amides is 1. The van der Waals surface area contributed by atoms with E-state index in [1.165, 1.54) is 11.6 Å². The lowest BCUT2D eigenvalue weighted by Crippen LogP contribution is -2.46. The van der Waals surface area contributed by atoms with Gasteiger partial charge < -0.3 is 5.32 Å². The summed E-state index contributed by atoms with van der Waals surface area (Å²) in [6, 6.07) is 15.2. The summed E-state index contributed by atoms with van der Waals surface area (Å²) in [5.41, 5.74) is 1.80. The third-order valence-corrected chi connectivity index (χ3v) is 5.13. The van der Waals surface area contributed by atoms with Crippen molar-refractivity contribution in [2.45, 2.75) is 24.8 Å². The van der Waals surface area contributed by atoms with Crippen molar-refractivity contribution in [2.24, 2.45) is 0 Å². The number of benzene rings is 2. The second kappa shape index (κ2) is 5.46. The van der Waals surface area contributed by atoms with E-state index in [1.54, 1.807) is 12.1 Å². The first kappa shape index (κ1) is 14.4. The molecule has 0 aromatic heterocycles. The van der Waals surface area contributed by atoms with E-state index < -0.39 is 5.41 Å². The van der Waals surface area contributed by atoms with Crippen molar-refractivity contribution < 1.29 is 9.18 Å². The van der Waals surface area contributed by atoms with Gasteiger partial charge in [0.15, 0.2) is 0 Å². The van der Waals surface area contributed by atoms with Crippen molar-refractivity contribution in [1.29, 1.82) is 0 Å². The summed E-state index contributed by atoms with van der Waals surface area (Å²) < 4.78 is 14.3. The fourth-order valence-electron chi connectivity index (χ4n) is 3.88. The minimum Gasteiger partial charge on any atom is -0.325 e. The molecule has 0 bridgehead atoms. The Labute approximate surface area is 135 Å². The van der Waals surface area contributed by atoms with Crippen LogP contribution in [0.1, 0.15) is 24.0 Å². The largest absolute Gasteiger partial charge is 0.325 e. The predicted molar refractivity (Wildman–Crippen MR) is 87.7 cm³/mol. The molecule has 118 valence electrons. The number of nitrogens with zero attached hydrogens (tertiary/aromatic N) is 1. The summed E-state index contributed by atoms with van der Waals surface area (Å²) in [7, 11) is 0. The number of carbonyl (C=O) groups is 1. The van der Waals surface area contributed by atoms with Crippen LogP contribution in [-0.2, 0) is 16.8 Å². The van der Waals surface area contributed by atoms with E-state index in [9.17, 15) is 9.18 Å². The summed E-state index contributed by atoms with van der Waals surface area (Å²) in [4.78, 5) is 14.9. The van der Waals surface area contributed by atoms with E-state index >= 15 is 0 Å². The summed E-state index contributed by atoms with van der Waals surface area (Å²) in [5, 5.41) is 2.87. The first-order chi connectivity index (χ1) is 11.2. The topological polar surface area (TPSA) is 32.3 Å². The van der Waals surface area contributed by atoms with Crippen LogP contribution in [0.4, 0.5) is 10.1 Å². The molecule has 4 heteroatoms. The van der Waals surface area contributed by atoms with Gasteiger partial charge in [-0.25, -0.2) is 4.39 Å². The lowest BCUT2D eigenvalue weighted by atomic mass is 9.73. The number of likely N-dealkylation sites (tertiary alicyclic amines) is 1. The molecule has 0 aliphatic carbocycles. The minimum absolute atomic E-state index is 0.0445. The number of fused-ring (bicyclic) bond motifs is 2. The van der Waals surface area contributed by atoms with E-state index in [0.717, 1.165) is 19.6 Å². The number of halogens is 1. The number of hydrogen-bond donors (Lipinski definition) is 1. The van der Waals surface area contributed by atoms with Gasteiger partial charge in [0, 0.05) is 17.8 Å². The van der Waals surface area contributed by atoms with E-state index in [-0.39, 0.29) is 11.7 Å². The Morgan fingerprint density at radius 2 is 1.78 bits per heavy atom. The first-order valence-electron chi connectivity index (χ1n) is 8.06. The number of rotatable bonds is 2. The summed E-state index contributed by atoms with van der Waals surface area (Å²) in [6.07, 6.45) is 1.33. The molecular formula is C19H19FN2O. The first-order valence-corrected chi connectivity index (χ1v) is 8.06. The smallest absolute Gasteiger partial charge is 0.235 e. The van der Waals surface area contributed by atoms with Gasteiger partial charge in [-0.05, 0) is 43.6 Å². The molecule has 1 fully saturated rings. The van der Waals surface area contributed by atoms with Gasteiger partial charge in [0.05, 0.1) is 5.41 Å². The molecule has 2 aliphatic rings. The van der Waals surface area contributed by atoms with Crippen molar-refractivity contribution in [3.63, 3.8) is 0 Å². The van der Waals surface area contributed by atoms with Gasteiger partial charge in [0.2, 0.25) is 5.91 Å². The lowest BCUT2D eigenvalue weighted by Gasteiger charge is -2.38. The highest BCUT2D eigenvalue weighted by atomic mass is 19.1. The average Bonchev–Trinajstić information content (AvgIpc) is 2.84. The second-order valence-corrected chi connectivity index (χ2v) is 6.46. The maximum absolute atomic E-state index is 14.3. The Kier molecular flexibility index (Phi) is 3.42. The molecule has 3 nitrogen and oxygen atoms in total.